The summed E-state index contributed by atoms with van der Waals surface area (Å²) >= 11 is 0. The Labute approximate surface area is 98.9 Å². The van der Waals surface area contributed by atoms with Gasteiger partial charge >= 0.3 is 7.82 Å². The number of phosphoric ester groups is 1. The molecule has 0 spiro atoms. The van der Waals surface area contributed by atoms with E-state index in [0.717, 1.165) is 6.42 Å². The van der Waals surface area contributed by atoms with Crippen LogP contribution in [0.4, 0.5) is 0 Å². The molecule has 0 amide bonds. The van der Waals surface area contributed by atoms with E-state index in [0.29, 0.717) is 6.42 Å². The molecule has 3 heterocycles. The van der Waals surface area contributed by atoms with E-state index in [9.17, 15) is 19.9 Å². The lowest BCUT2D eigenvalue weighted by molar-refractivity contribution is -0.286. The molecular weight excluding hydrogens is 251 g/mol. The highest BCUT2D eigenvalue weighted by atomic mass is 31.2. The number of phosphoric acid groups is 1. The number of hydrogen-bond donors (Lipinski definition) is 3. The Morgan fingerprint density at radius 2 is 1.76 bits per heavy atom. The molecular formula is C9H17O7P. The van der Waals surface area contributed by atoms with Crippen molar-refractivity contribution in [3.63, 3.8) is 0 Å². The molecule has 8 heteroatoms. The number of aliphatic hydroxyl groups excluding tert-OH is 3. The third-order valence-corrected chi connectivity index (χ3v) is 4.88. The van der Waals surface area contributed by atoms with Gasteiger partial charge in [0.15, 0.2) is 0 Å². The van der Waals surface area contributed by atoms with E-state index in [1.54, 1.807) is 0 Å². The van der Waals surface area contributed by atoms with Crippen molar-refractivity contribution in [2.24, 2.45) is 5.41 Å². The summed E-state index contributed by atoms with van der Waals surface area (Å²) in [7, 11) is -3.52. The first-order valence-electron chi connectivity index (χ1n) is 5.54. The van der Waals surface area contributed by atoms with Crippen LogP contribution >= 0.6 is 7.82 Å². The van der Waals surface area contributed by atoms with E-state index in [4.69, 9.17) is 13.6 Å². The normalized spacial score (nSPS) is 40.4. The Balaban J connectivity index is 2.32. The van der Waals surface area contributed by atoms with E-state index < -0.39 is 44.9 Å². The molecule has 3 aliphatic rings. The van der Waals surface area contributed by atoms with E-state index >= 15 is 0 Å². The minimum Gasteiger partial charge on any atom is -0.395 e. The topological polar surface area (TPSA) is 105 Å². The molecule has 0 radical (unpaired) electrons. The molecule has 100 valence electrons. The zero-order valence-corrected chi connectivity index (χ0v) is 10.4. The van der Waals surface area contributed by atoms with Crippen LogP contribution in [0, 0.1) is 5.41 Å². The fourth-order valence-corrected chi connectivity index (χ4v) is 4.19. The third-order valence-electron chi connectivity index (χ3n) is 3.37. The van der Waals surface area contributed by atoms with Gasteiger partial charge in [-0.15, -0.1) is 0 Å². The van der Waals surface area contributed by atoms with Gasteiger partial charge in [0.1, 0.15) is 6.10 Å². The summed E-state index contributed by atoms with van der Waals surface area (Å²) in [5.74, 6) is -1.50. The fraction of sp³-hybridized carbons (Fsp3) is 1.00. The average molecular weight is 268 g/mol. The molecule has 0 aliphatic carbocycles. The van der Waals surface area contributed by atoms with Crippen LogP contribution in [0.1, 0.15) is 19.8 Å². The second-order valence-electron chi connectivity index (χ2n) is 4.43. The number of fused-ring (bicyclic) bond motifs is 1. The maximum absolute atomic E-state index is 11.7. The van der Waals surface area contributed by atoms with Gasteiger partial charge in [-0.1, -0.05) is 13.3 Å². The lowest BCUT2D eigenvalue weighted by Gasteiger charge is -2.48. The molecule has 0 aromatic heterocycles. The van der Waals surface area contributed by atoms with Gasteiger partial charge in [0, 0.05) is 0 Å². The van der Waals surface area contributed by atoms with Gasteiger partial charge in [0.2, 0.25) is 5.79 Å². The highest BCUT2D eigenvalue weighted by Gasteiger charge is 2.78. The number of hydrogen-bond acceptors (Lipinski definition) is 7. The first kappa shape index (κ1) is 13.4. The van der Waals surface area contributed by atoms with Crippen LogP contribution < -0.4 is 0 Å². The predicted molar refractivity (Wildman–Crippen MR) is 56.0 cm³/mol. The predicted octanol–water partition coefficient (Wildman–Crippen LogP) is -0.000200. The van der Waals surface area contributed by atoms with Crippen LogP contribution in [0.5, 0.6) is 0 Å². The first-order chi connectivity index (χ1) is 8.01. The summed E-state index contributed by atoms with van der Waals surface area (Å²) in [6.45, 7) is 0.248. The Hall–Kier alpha value is -0.0100. The Morgan fingerprint density at radius 3 is 2.18 bits per heavy atom. The summed E-state index contributed by atoms with van der Waals surface area (Å²) in [5, 5.41) is 28.1. The summed E-state index contributed by atoms with van der Waals surface area (Å²) < 4.78 is 27.1. The first-order valence-corrected chi connectivity index (χ1v) is 7.00. The van der Waals surface area contributed by atoms with Crippen molar-refractivity contribution < 1.29 is 33.5 Å². The Bertz CT molecular complexity index is 322. The van der Waals surface area contributed by atoms with Crippen LogP contribution in [-0.2, 0) is 18.1 Å². The summed E-state index contributed by atoms with van der Waals surface area (Å²) in [5.41, 5.74) is -1.42. The second-order valence-corrected chi connectivity index (χ2v) is 5.91. The average Bonchev–Trinajstić information content (AvgIpc) is 2.71. The highest BCUT2D eigenvalue weighted by molar-refractivity contribution is 7.50. The molecule has 3 saturated heterocycles. The van der Waals surface area contributed by atoms with Gasteiger partial charge in [-0.05, 0) is 6.42 Å². The van der Waals surface area contributed by atoms with Crippen LogP contribution in [0.25, 0.3) is 0 Å². The van der Waals surface area contributed by atoms with E-state index in [-0.39, 0.29) is 0 Å². The van der Waals surface area contributed by atoms with Gasteiger partial charge in [-0.2, -0.15) is 0 Å². The fourth-order valence-electron chi connectivity index (χ4n) is 2.25. The molecule has 7 nitrogen and oxygen atoms in total. The molecule has 0 aromatic carbocycles. The zero-order chi connectivity index (χ0) is 12.7. The van der Waals surface area contributed by atoms with E-state index in [2.05, 4.69) is 0 Å². The molecule has 3 fully saturated rings. The minimum atomic E-state index is -3.52. The lowest BCUT2D eigenvalue weighted by Crippen LogP contribution is -2.63. The summed E-state index contributed by atoms with van der Waals surface area (Å²) in [6, 6.07) is 0. The van der Waals surface area contributed by atoms with E-state index in [1.165, 1.54) is 0 Å². The van der Waals surface area contributed by atoms with Crippen molar-refractivity contribution in [3.05, 3.63) is 0 Å². The minimum absolute atomic E-state index is 0.506. The van der Waals surface area contributed by atoms with Gasteiger partial charge in [0.25, 0.3) is 0 Å². The van der Waals surface area contributed by atoms with E-state index in [1.807, 2.05) is 6.92 Å². The van der Waals surface area contributed by atoms with Crippen LogP contribution in [-0.4, -0.2) is 47.0 Å². The van der Waals surface area contributed by atoms with Crippen LogP contribution in [0.3, 0.4) is 0 Å². The second kappa shape index (κ2) is 4.28. The van der Waals surface area contributed by atoms with Gasteiger partial charge < -0.3 is 15.3 Å². The SMILES string of the molecule is CCCC1OP2(=O)OC1(C(CO)(CO)CO)O2. The van der Waals surface area contributed by atoms with Gasteiger partial charge in [0.05, 0.1) is 25.2 Å². The molecule has 17 heavy (non-hydrogen) atoms. The highest BCUT2D eigenvalue weighted by Crippen LogP contribution is 2.78. The monoisotopic (exact) mass is 268 g/mol. The van der Waals surface area contributed by atoms with Gasteiger partial charge in [-0.25, -0.2) is 13.6 Å². The molecule has 0 aromatic rings. The molecule has 3 N–H and O–H groups in total. The largest absolute Gasteiger partial charge is 0.480 e. The maximum atomic E-state index is 11.7. The Morgan fingerprint density at radius 1 is 1.24 bits per heavy atom. The van der Waals surface area contributed by atoms with Crippen LogP contribution in [0.15, 0.2) is 0 Å². The van der Waals surface area contributed by atoms with Crippen molar-refractivity contribution >= 4 is 7.82 Å². The molecule has 2 bridgehead atoms. The van der Waals surface area contributed by atoms with Crippen molar-refractivity contribution in [1.29, 1.82) is 0 Å². The Kier molecular flexibility index (Phi) is 3.38. The third kappa shape index (κ3) is 1.62. The smallest absolute Gasteiger partial charge is 0.395 e. The molecule has 0 saturated carbocycles. The van der Waals surface area contributed by atoms with Crippen molar-refractivity contribution in [3.8, 4) is 0 Å². The number of aliphatic hydroxyl groups is 3. The van der Waals surface area contributed by atoms with Gasteiger partial charge in [-0.3, -0.25) is 4.52 Å². The van der Waals surface area contributed by atoms with Crippen LogP contribution in [0.2, 0.25) is 0 Å². The summed E-state index contributed by atoms with van der Waals surface area (Å²) in [4.78, 5) is 0. The zero-order valence-electron chi connectivity index (χ0n) is 9.53. The molecule has 1 atom stereocenters. The molecule has 3 rings (SSSR count). The van der Waals surface area contributed by atoms with Crippen molar-refractivity contribution in [2.75, 3.05) is 19.8 Å². The standard InChI is InChI=1S/C9H17O7P/c1-2-3-7-9(8(4-10,5-11)6-12)15-17(13,14-7)16-9/h7,10-12H,2-6H2,1H3. The molecule has 1 unspecified atom stereocenters. The lowest BCUT2D eigenvalue weighted by atomic mass is 9.77. The summed E-state index contributed by atoms with van der Waals surface area (Å²) in [6.07, 6.45) is 0.591. The quantitative estimate of drug-likeness (QED) is 0.582. The maximum Gasteiger partial charge on any atom is 0.480 e. The molecule has 3 aliphatic heterocycles. The number of rotatable bonds is 6. The van der Waals surface area contributed by atoms with Crippen molar-refractivity contribution in [2.45, 2.75) is 31.7 Å². The van der Waals surface area contributed by atoms with Crippen molar-refractivity contribution in [1.82, 2.24) is 0 Å².